The van der Waals surface area contributed by atoms with Crippen LogP contribution in [0, 0.1) is 0 Å². The normalized spacial score (nSPS) is 22.7. The van der Waals surface area contributed by atoms with Crippen LogP contribution in [0.4, 0.5) is 0 Å². The van der Waals surface area contributed by atoms with Crippen molar-refractivity contribution in [3.63, 3.8) is 0 Å². The van der Waals surface area contributed by atoms with Crippen LogP contribution in [0.3, 0.4) is 0 Å². The summed E-state index contributed by atoms with van der Waals surface area (Å²) in [5, 5.41) is 43.9. The van der Waals surface area contributed by atoms with Gasteiger partial charge in [-0.1, -0.05) is 0 Å². The molecule has 0 spiro atoms. The SMILES string of the molecule is Oc1cc2c(cc1O)[C@H]([C@H]1[NH2+]CCc3cc(O)c(O)cc31)[NH2+]CC2. The molecule has 24 heavy (non-hydrogen) atoms. The molecule has 0 saturated carbocycles. The molecule has 2 atom stereocenters. The van der Waals surface area contributed by atoms with Gasteiger partial charge in [0.1, 0.15) is 0 Å². The van der Waals surface area contributed by atoms with Gasteiger partial charge in [-0.3, -0.25) is 0 Å². The summed E-state index contributed by atoms with van der Waals surface area (Å²) in [6, 6.07) is 6.80. The highest BCUT2D eigenvalue weighted by atomic mass is 16.3. The van der Waals surface area contributed by atoms with Gasteiger partial charge in [0, 0.05) is 24.0 Å². The zero-order valence-corrected chi connectivity index (χ0v) is 13.2. The second-order valence-corrected chi connectivity index (χ2v) is 6.68. The number of hydrogen-bond acceptors (Lipinski definition) is 4. The highest BCUT2D eigenvalue weighted by Gasteiger charge is 2.39. The second-order valence-electron chi connectivity index (χ2n) is 6.68. The van der Waals surface area contributed by atoms with Crippen molar-refractivity contribution >= 4 is 0 Å². The molecular formula is C18H22N2O4+2. The quantitative estimate of drug-likeness (QED) is 0.397. The van der Waals surface area contributed by atoms with Crippen LogP contribution in [0.2, 0.25) is 0 Å². The number of phenolic OH excluding ortho intramolecular Hbond substituents is 4. The van der Waals surface area contributed by atoms with Gasteiger partial charge in [-0.2, -0.15) is 0 Å². The van der Waals surface area contributed by atoms with Crippen molar-refractivity contribution in [3.05, 3.63) is 46.5 Å². The molecule has 2 heterocycles. The Morgan fingerprint density at radius 3 is 1.42 bits per heavy atom. The summed E-state index contributed by atoms with van der Waals surface area (Å²) in [5.41, 5.74) is 4.17. The van der Waals surface area contributed by atoms with Gasteiger partial charge in [0.25, 0.3) is 0 Å². The van der Waals surface area contributed by atoms with Gasteiger partial charge in [0.15, 0.2) is 35.1 Å². The van der Waals surface area contributed by atoms with Crippen LogP contribution in [0.15, 0.2) is 24.3 Å². The fourth-order valence-electron chi connectivity index (χ4n) is 4.10. The Morgan fingerprint density at radius 2 is 1.00 bits per heavy atom. The van der Waals surface area contributed by atoms with Crippen LogP contribution < -0.4 is 10.6 Å². The van der Waals surface area contributed by atoms with Crippen LogP contribution in [0.25, 0.3) is 0 Å². The van der Waals surface area contributed by atoms with Crippen LogP contribution in [-0.4, -0.2) is 33.5 Å². The second kappa shape index (κ2) is 5.58. The van der Waals surface area contributed by atoms with E-state index < -0.39 is 0 Å². The number of quaternary nitrogens is 2. The van der Waals surface area contributed by atoms with Crippen LogP contribution in [-0.2, 0) is 12.8 Å². The van der Waals surface area contributed by atoms with Crippen molar-refractivity contribution in [2.24, 2.45) is 0 Å². The lowest BCUT2D eigenvalue weighted by atomic mass is 9.82. The molecule has 6 heteroatoms. The first kappa shape index (κ1) is 15.1. The highest BCUT2D eigenvalue weighted by Crippen LogP contribution is 2.39. The summed E-state index contributed by atoms with van der Waals surface area (Å²) < 4.78 is 0. The van der Waals surface area contributed by atoms with Crippen LogP contribution in [0.1, 0.15) is 34.3 Å². The van der Waals surface area contributed by atoms with E-state index in [1.165, 1.54) is 0 Å². The maximum absolute atomic E-state index is 9.92. The Labute approximate surface area is 139 Å². The summed E-state index contributed by atoms with van der Waals surface area (Å²) >= 11 is 0. The number of nitrogens with two attached hydrogens (primary N) is 2. The van der Waals surface area contributed by atoms with Gasteiger partial charge in [-0.25, -0.2) is 0 Å². The molecular weight excluding hydrogens is 308 g/mol. The molecule has 0 fully saturated rings. The van der Waals surface area contributed by atoms with E-state index in [0.29, 0.717) is 0 Å². The van der Waals surface area contributed by atoms with E-state index in [2.05, 4.69) is 10.6 Å². The van der Waals surface area contributed by atoms with Crippen molar-refractivity contribution in [1.82, 2.24) is 0 Å². The molecule has 2 aromatic rings. The molecule has 2 aromatic carbocycles. The lowest BCUT2D eigenvalue weighted by Gasteiger charge is -2.32. The van der Waals surface area contributed by atoms with E-state index in [1.54, 1.807) is 24.3 Å². The minimum absolute atomic E-state index is 0.0787. The molecule has 0 aromatic heterocycles. The fourth-order valence-corrected chi connectivity index (χ4v) is 4.10. The lowest BCUT2D eigenvalue weighted by molar-refractivity contribution is -0.788. The molecule has 0 saturated heterocycles. The standard InChI is InChI=1S/C18H20N2O4/c21-13-5-9-1-3-19-17(11(9)7-15(13)23)18-12-8-16(24)14(22)6-10(12)2-4-20-18/h5-8,17-24H,1-4H2/p+2/t17-,18+. The average Bonchev–Trinajstić information content (AvgIpc) is 2.56. The van der Waals surface area contributed by atoms with Gasteiger partial charge < -0.3 is 31.1 Å². The van der Waals surface area contributed by atoms with Crippen molar-refractivity contribution in [2.45, 2.75) is 24.9 Å². The molecule has 0 aliphatic carbocycles. The topological polar surface area (TPSA) is 114 Å². The summed E-state index contributed by atoms with van der Waals surface area (Å²) in [7, 11) is 0. The number of phenols is 4. The fraction of sp³-hybridized carbons (Fsp3) is 0.333. The molecule has 0 radical (unpaired) electrons. The number of aromatic hydroxyl groups is 4. The Balaban J connectivity index is 1.80. The average molecular weight is 330 g/mol. The molecule has 0 amide bonds. The molecule has 6 nitrogen and oxygen atoms in total. The lowest BCUT2D eigenvalue weighted by Crippen LogP contribution is -2.97. The largest absolute Gasteiger partial charge is 0.504 e. The Bertz CT molecular complexity index is 739. The first-order valence-corrected chi connectivity index (χ1v) is 8.30. The minimum atomic E-state index is -0.0985. The molecule has 0 bridgehead atoms. The van der Waals surface area contributed by atoms with E-state index in [-0.39, 0.29) is 35.1 Å². The Morgan fingerprint density at radius 1 is 0.625 bits per heavy atom. The maximum Gasteiger partial charge on any atom is 0.169 e. The molecule has 2 aliphatic rings. The van der Waals surface area contributed by atoms with Gasteiger partial charge >= 0.3 is 0 Å². The van der Waals surface area contributed by atoms with Gasteiger partial charge in [-0.15, -0.1) is 0 Å². The number of fused-ring (bicyclic) bond motifs is 2. The van der Waals surface area contributed by atoms with E-state index in [1.807, 2.05) is 0 Å². The number of hydrogen-bond donors (Lipinski definition) is 6. The van der Waals surface area contributed by atoms with Gasteiger partial charge in [-0.05, 0) is 35.4 Å². The summed E-state index contributed by atoms with van der Waals surface area (Å²) in [5.74, 6) is -0.354. The van der Waals surface area contributed by atoms with Crippen LogP contribution in [0.5, 0.6) is 23.0 Å². The van der Waals surface area contributed by atoms with E-state index in [0.717, 1.165) is 48.2 Å². The highest BCUT2D eigenvalue weighted by molar-refractivity contribution is 5.50. The third kappa shape index (κ3) is 2.35. The smallest absolute Gasteiger partial charge is 0.169 e. The number of benzene rings is 2. The first-order valence-electron chi connectivity index (χ1n) is 8.30. The molecule has 4 rings (SSSR count). The third-order valence-corrected chi connectivity index (χ3v) is 5.25. The predicted molar refractivity (Wildman–Crippen MR) is 86.0 cm³/mol. The molecule has 0 unspecified atom stereocenters. The molecule has 126 valence electrons. The first-order chi connectivity index (χ1) is 11.5. The zero-order chi connectivity index (χ0) is 16.8. The Hall–Kier alpha value is -2.44. The van der Waals surface area contributed by atoms with Crippen LogP contribution >= 0.6 is 0 Å². The summed E-state index contributed by atoms with van der Waals surface area (Å²) in [6.45, 7) is 1.82. The Kier molecular flexibility index (Phi) is 3.51. The van der Waals surface area contributed by atoms with E-state index >= 15 is 0 Å². The van der Waals surface area contributed by atoms with Crippen molar-refractivity contribution in [2.75, 3.05) is 13.1 Å². The molecule has 2 aliphatic heterocycles. The van der Waals surface area contributed by atoms with Gasteiger partial charge in [0.2, 0.25) is 0 Å². The predicted octanol–water partition coefficient (Wildman–Crippen LogP) is -0.470. The monoisotopic (exact) mass is 330 g/mol. The van der Waals surface area contributed by atoms with Gasteiger partial charge in [0.05, 0.1) is 13.1 Å². The minimum Gasteiger partial charge on any atom is -0.504 e. The van der Waals surface area contributed by atoms with Crippen molar-refractivity contribution in [3.8, 4) is 23.0 Å². The van der Waals surface area contributed by atoms with Crippen molar-refractivity contribution < 1.29 is 31.1 Å². The maximum atomic E-state index is 9.92. The third-order valence-electron chi connectivity index (χ3n) is 5.25. The summed E-state index contributed by atoms with van der Waals surface area (Å²) in [6.07, 6.45) is 1.69. The van der Waals surface area contributed by atoms with Crippen molar-refractivity contribution in [1.29, 1.82) is 0 Å². The van der Waals surface area contributed by atoms with E-state index in [9.17, 15) is 20.4 Å². The molecule has 8 N–H and O–H groups in total. The summed E-state index contributed by atoms with van der Waals surface area (Å²) in [4.78, 5) is 0. The zero-order valence-electron chi connectivity index (χ0n) is 13.2. The van der Waals surface area contributed by atoms with E-state index in [4.69, 9.17) is 0 Å². The number of rotatable bonds is 1.